The van der Waals surface area contributed by atoms with Gasteiger partial charge in [0, 0.05) is 16.2 Å². The van der Waals surface area contributed by atoms with Crippen molar-refractivity contribution in [2.45, 2.75) is 9.79 Å². The first kappa shape index (κ1) is 28.6. The SMILES string of the molecule is Nc1cc2c(O)c(N=Nc3ccc(N=Nc4ccc5[nH]c(=O)[nH]c5c4)c4ccccc34)c(S(=O)(=O)O)cc2cc1S(=O)(=O)O. The number of rotatable bonds is 6. The summed E-state index contributed by atoms with van der Waals surface area (Å²) in [7, 11) is -9.80. The van der Waals surface area contributed by atoms with E-state index in [-0.39, 0.29) is 22.1 Å². The zero-order chi connectivity index (χ0) is 31.4. The van der Waals surface area contributed by atoms with Crippen molar-refractivity contribution in [3.63, 3.8) is 0 Å². The minimum Gasteiger partial charge on any atom is -0.505 e. The van der Waals surface area contributed by atoms with Crippen LogP contribution in [0.1, 0.15) is 0 Å². The van der Waals surface area contributed by atoms with Crippen molar-refractivity contribution < 1.29 is 31.0 Å². The molecule has 0 radical (unpaired) electrons. The van der Waals surface area contributed by atoms with Gasteiger partial charge in [-0.25, -0.2) is 4.79 Å². The second-order valence-corrected chi connectivity index (χ2v) is 12.3. The maximum Gasteiger partial charge on any atom is 0.323 e. The minimum absolute atomic E-state index is 0.112. The van der Waals surface area contributed by atoms with Crippen LogP contribution in [0, 0.1) is 0 Å². The van der Waals surface area contributed by atoms with Gasteiger partial charge in [0.05, 0.1) is 33.8 Å². The highest BCUT2D eigenvalue weighted by atomic mass is 32.2. The van der Waals surface area contributed by atoms with E-state index in [4.69, 9.17) is 5.73 Å². The van der Waals surface area contributed by atoms with Crippen LogP contribution in [0.2, 0.25) is 0 Å². The molecule has 0 fully saturated rings. The van der Waals surface area contributed by atoms with Crippen LogP contribution in [0.15, 0.2) is 108 Å². The molecule has 1 heterocycles. The molecule has 0 unspecified atom stereocenters. The highest BCUT2D eigenvalue weighted by Crippen LogP contribution is 2.44. The van der Waals surface area contributed by atoms with E-state index in [0.717, 1.165) is 18.2 Å². The summed E-state index contributed by atoms with van der Waals surface area (Å²) in [4.78, 5) is 15.2. The van der Waals surface area contributed by atoms with Gasteiger partial charge in [-0.15, -0.1) is 15.3 Å². The number of nitrogens with zero attached hydrogens (tertiary/aromatic N) is 4. The molecule has 222 valence electrons. The molecule has 0 aliphatic heterocycles. The predicted octanol–water partition coefficient (Wildman–Crippen LogP) is 5.77. The number of aromatic hydroxyl groups is 1. The van der Waals surface area contributed by atoms with Crippen molar-refractivity contribution in [1.82, 2.24) is 9.97 Å². The van der Waals surface area contributed by atoms with Crippen LogP contribution >= 0.6 is 0 Å². The van der Waals surface area contributed by atoms with E-state index in [9.17, 15) is 35.8 Å². The lowest BCUT2D eigenvalue weighted by Gasteiger charge is -2.11. The first-order chi connectivity index (χ1) is 20.8. The predicted molar refractivity (Wildman–Crippen MR) is 161 cm³/mol. The van der Waals surface area contributed by atoms with E-state index >= 15 is 0 Å². The number of aromatic amines is 2. The summed E-state index contributed by atoms with van der Waals surface area (Å²) in [5.41, 5.74) is 6.71. The molecule has 7 N–H and O–H groups in total. The number of benzene rings is 5. The third-order valence-electron chi connectivity index (χ3n) is 6.65. The number of imidazole rings is 1. The van der Waals surface area contributed by atoms with Crippen LogP contribution in [0.3, 0.4) is 0 Å². The molecule has 0 atom stereocenters. The van der Waals surface area contributed by atoms with Crippen molar-refractivity contribution in [2.24, 2.45) is 20.5 Å². The molecule has 6 rings (SSSR count). The van der Waals surface area contributed by atoms with E-state index in [2.05, 4.69) is 30.4 Å². The summed E-state index contributed by atoms with van der Waals surface area (Å²) < 4.78 is 67.1. The van der Waals surface area contributed by atoms with Crippen LogP contribution in [-0.4, -0.2) is 41.0 Å². The molecule has 0 saturated carbocycles. The van der Waals surface area contributed by atoms with Crippen LogP contribution in [0.4, 0.5) is 28.4 Å². The summed E-state index contributed by atoms with van der Waals surface area (Å²) in [5, 5.41) is 28.5. The van der Waals surface area contributed by atoms with Crippen molar-refractivity contribution in [1.29, 1.82) is 0 Å². The molecule has 5 aromatic carbocycles. The van der Waals surface area contributed by atoms with Crippen LogP contribution in [0.5, 0.6) is 5.75 Å². The number of phenols is 1. The molecule has 17 heteroatoms. The van der Waals surface area contributed by atoms with Gasteiger partial charge in [-0.05, 0) is 53.9 Å². The Bertz CT molecular complexity index is 2500. The third-order valence-corrected chi connectivity index (χ3v) is 8.42. The van der Waals surface area contributed by atoms with Gasteiger partial charge >= 0.3 is 5.69 Å². The molecule has 6 aromatic rings. The number of hydrogen-bond acceptors (Lipinski definition) is 11. The molecule has 0 amide bonds. The maximum absolute atomic E-state index is 12.2. The van der Waals surface area contributed by atoms with Gasteiger partial charge in [-0.2, -0.15) is 21.9 Å². The second-order valence-electron chi connectivity index (χ2n) is 9.49. The summed E-state index contributed by atoms with van der Waals surface area (Å²) in [6.45, 7) is 0. The van der Waals surface area contributed by atoms with E-state index < -0.39 is 47.2 Å². The summed E-state index contributed by atoms with van der Waals surface area (Å²) in [6, 6.07) is 17.8. The molecule has 15 nitrogen and oxygen atoms in total. The Morgan fingerprint density at radius 1 is 0.659 bits per heavy atom. The highest BCUT2D eigenvalue weighted by Gasteiger charge is 2.24. The summed E-state index contributed by atoms with van der Waals surface area (Å²) >= 11 is 0. The number of fused-ring (bicyclic) bond motifs is 3. The Balaban J connectivity index is 1.44. The Morgan fingerprint density at radius 3 is 1.89 bits per heavy atom. The number of aromatic nitrogens is 2. The number of nitrogens with two attached hydrogens (primary N) is 1. The van der Waals surface area contributed by atoms with Crippen LogP contribution < -0.4 is 11.4 Å². The van der Waals surface area contributed by atoms with E-state index in [0.29, 0.717) is 33.2 Å². The van der Waals surface area contributed by atoms with Gasteiger partial charge in [-0.1, -0.05) is 24.3 Å². The van der Waals surface area contributed by atoms with E-state index in [1.54, 1.807) is 48.5 Å². The smallest absolute Gasteiger partial charge is 0.323 e. The molecule has 0 spiro atoms. The van der Waals surface area contributed by atoms with Gasteiger partial charge in [0.25, 0.3) is 20.2 Å². The second kappa shape index (κ2) is 10.3. The Kier molecular flexibility index (Phi) is 6.73. The standard InChI is InChI=1S/C27H19N7O8S2/c28-18-12-17-13(9-23(18)43(37,38)39)10-24(44(40,41)42)25(26(17)35)34-33-20-8-7-19(15-3-1-2-4-16(15)20)32-31-14-5-6-21-22(11-14)30-27(36)29-21/h1-12,35H,28H2,(H2,29,30,36)(H,37,38,39)(H,40,41,42). The zero-order valence-electron chi connectivity index (χ0n) is 22.0. The van der Waals surface area contributed by atoms with Gasteiger partial charge in [0.2, 0.25) is 0 Å². The number of nitrogen functional groups attached to an aromatic ring is 1. The number of anilines is 1. The van der Waals surface area contributed by atoms with Crippen molar-refractivity contribution >= 4 is 81.3 Å². The average Bonchev–Trinajstić information content (AvgIpc) is 3.34. The van der Waals surface area contributed by atoms with E-state index in [1.165, 1.54) is 6.07 Å². The van der Waals surface area contributed by atoms with Crippen molar-refractivity contribution in [2.75, 3.05) is 5.73 Å². The molecule has 0 aliphatic rings. The molecule has 0 saturated heterocycles. The first-order valence-electron chi connectivity index (χ1n) is 12.4. The normalized spacial score (nSPS) is 12.8. The molecular weight excluding hydrogens is 614 g/mol. The fourth-order valence-corrected chi connectivity index (χ4v) is 5.94. The average molecular weight is 634 g/mol. The topological polar surface area (TPSA) is 253 Å². The first-order valence-corrected chi connectivity index (χ1v) is 15.3. The Hall–Kier alpha value is -5.49. The molecule has 1 aromatic heterocycles. The van der Waals surface area contributed by atoms with Gasteiger partial charge in [0.15, 0.2) is 5.75 Å². The van der Waals surface area contributed by atoms with Gasteiger partial charge < -0.3 is 20.8 Å². The molecule has 0 bridgehead atoms. The zero-order valence-corrected chi connectivity index (χ0v) is 23.6. The lowest BCUT2D eigenvalue weighted by molar-refractivity contribution is 0.472. The largest absolute Gasteiger partial charge is 0.505 e. The number of phenolic OH excluding ortho intramolecular Hbond substituents is 1. The fourth-order valence-electron chi connectivity index (χ4n) is 4.65. The van der Waals surface area contributed by atoms with E-state index in [1.807, 2.05) is 0 Å². The summed E-state index contributed by atoms with van der Waals surface area (Å²) in [5.74, 6) is -0.761. The quantitative estimate of drug-likeness (QED) is 0.0737. The number of H-pyrrole nitrogens is 2. The number of azo groups is 2. The highest BCUT2D eigenvalue weighted by molar-refractivity contribution is 7.86. The lowest BCUT2D eigenvalue weighted by Crippen LogP contribution is -2.04. The molecule has 0 aliphatic carbocycles. The fraction of sp³-hybridized carbons (Fsp3) is 0. The monoisotopic (exact) mass is 633 g/mol. The van der Waals surface area contributed by atoms with Crippen molar-refractivity contribution in [3.05, 3.63) is 83.3 Å². The molecule has 44 heavy (non-hydrogen) atoms. The third kappa shape index (κ3) is 5.26. The Morgan fingerprint density at radius 2 is 1.25 bits per heavy atom. The van der Waals surface area contributed by atoms with Crippen LogP contribution in [-0.2, 0) is 20.2 Å². The molecular formula is C27H19N7O8S2. The number of hydrogen-bond donors (Lipinski definition) is 6. The van der Waals surface area contributed by atoms with Gasteiger partial charge in [-0.3, -0.25) is 9.11 Å². The number of nitrogens with one attached hydrogen (secondary N) is 2. The lowest BCUT2D eigenvalue weighted by atomic mass is 10.1. The van der Waals surface area contributed by atoms with Gasteiger partial charge in [0.1, 0.15) is 15.5 Å². The summed E-state index contributed by atoms with van der Waals surface area (Å²) in [6.07, 6.45) is 0. The minimum atomic E-state index is -5.01. The maximum atomic E-state index is 12.2. The Labute approximate surface area is 246 Å². The van der Waals surface area contributed by atoms with Crippen molar-refractivity contribution in [3.8, 4) is 5.75 Å². The van der Waals surface area contributed by atoms with Crippen LogP contribution in [0.25, 0.3) is 32.6 Å².